The van der Waals surface area contributed by atoms with Gasteiger partial charge in [0.15, 0.2) is 5.78 Å². The Morgan fingerprint density at radius 1 is 1.44 bits per heavy atom. The van der Waals surface area contributed by atoms with E-state index in [1.54, 1.807) is 6.07 Å². The predicted octanol–water partition coefficient (Wildman–Crippen LogP) is 2.48. The summed E-state index contributed by atoms with van der Waals surface area (Å²) in [5, 5.41) is 10.4. The van der Waals surface area contributed by atoms with Crippen molar-refractivity contribution < 1.29 is 9.90 Å². The Kier molecular flexibility index (Phi) is 3.61. The lowest BCUT2D eigenvalue weighted by Crippen LogP contribution is -2.17. The van der Waals surface area contributed by atoms with Gasteiger partial charge >= 0.3 is 0 Å². The van der Waals surface area contributed by atoms with Gasteiger partial charge in [0, 0.05) is 10.6 Å². The first-order valence-corrected chi connectivity index (χ1v) is 5.41. The van der Waals surface area contributed by atoms with Crippen LogP contribution in [-0.2, 0) is 5.41 Å². The standard InChI is InChI=1S/C12H16ClNO2/c1-12(2,3)9-5-7(13)4-8(11(9)16)10(15)6-14/h4-5,16H,6,14H2,1-3H3. The van der Waals surface area contributed by atoms with Gasteiger partial charge in [-0.25, -0.2) is 0 Å². The number of ketones is 1. The maximum Gasteiger partial charge on any atom is 0.180 e. The smallest absolute Gasteiger partial charge is 0.180 e. The van der Waals surface area contributed by atoms with Crippen LogP contribution in [0.5, 0.6) is 5.75 Å². The number of carbonyl (C=O) groups excluding carboxylic acids is 1. The third-order valence-corrected chi connectivity index (χ3v) is 2.59. The van der Waals surface area contributed by atoms with E-state index < -0.39 is 0 Å². The highest BCUT2D eigenvalue weighted by molar-refractivity contribution is 6.31. The molecule has 0 unspecified atom stereocenters. The topological polar surface area (TPSA) is 63.3 Å². The van der Waals surface area contributed by atoms with Crippen LogP contribution in [0.25, 0.3) is 0 Å². The largest absolute Gasteiger partial charge is 0.507 e. The molecule has 0 fully saturated rings. The van der Waals surface area contributed by atoms with Gasteiger partial charge in [0.25, 0.3) is 0 Å². The SMILES string of the molecule is CC(C)(C)c1cc(Cl)cc(C(=O)CN)c1O. The molecular weight excluding hydrogens is 226 g/mol. The molecule has 88 valence electrons. The molecule has 0 amide bonds. The number of phenolic OH excluding ortho intramolecular Hbond substituents is 1. The summed E-state index contributed by atoms with van der Waals surface area (Å²) in [6, 6.07) is 3.12. The molecule has 0 heterocycles. The third kappa shape index (κ3) is 2.54. The summed E-state index contributed by atoms with van der Waals surface area (Å²) in [6.07, 6.45) is 0. The Hall–Kier alpha value is -1.06. The lowest BCUT2D eigenvalue weighted by atomic mass is 9.84. The van der Waals surface area contributed by atoms with Crippen molar-refractivity contribution in [2.24, 2.45) is 5.73 Å². The quantitative estimate of drug-likeness (QED) is 0.782. The molecule has 0 atom stereocenters. The lowest BCUT2D eigenvalue weighted by molar-refractivity contribution is 0.0998. The fourth-order valence-corrected chi connectivity index (χ4v) is 1.71. The van der Waals surface area contributed by atoms with Gasteiger partial charge in [0.2, 0.25) is 0 Å². The summed E-state index contributed by atoms with van der Waals surface area (Å²) in [7, 11) is 0. The highest BCUT2D eigenvalue weighted by Gasteiger charge is 2.23. The van der Waals surface area contributed by atoms with Crippen LogP contribution in [0.1, 0.15) is 36.7 Å². The number of hydrogen-bond acceptors (Lipinski definition) is 3. The zero-order valence-electron chi connectivity index (χ0n) is 9.67. The van der Waals surface area contributed by atoms with Crippen molar-refractivity contribution in [1.29, 1.82) is 0 Å². The maximum atomic E-state index is 11.5. The summed E-state index contributed by atoms with van der Waals surface area (Å²) in [6.45, 7) is 5.68. The molecule has 0 aliphatic rings. The molecule has 1 aromatic rings. The van der Waals surface area contributed by atoms with Crippen molar-refractivity contribution in [2.45, 2.75) is 26.2 Å². The molecule has 0 aliphatic heterocycles. The molecular formula is C12H16ClNO2. The Labute approximate surface area is 100 Å². The number of rotatable bonds is 2. The van der Waals surface area contributed by atoms with Crippen molar-refractivity contribution in [3.63, 3.8) is 0 Å². The summed E-state index contributed by atoms with van der Waals surface area (Å²) in [5.41, 5.74) is 5.84. The Balaban J connectivity index is 3.44. The van der Waals surface area contributed by atoms with Crippen LogP contribution >= 0.6 is 11.6 Å². The van der Waals surface area contributed by atoms with Crippen molar-refractivity contribution in [3.05, 3.63) is 28.3 Å². The van der Waals surface area contributed by atoms with Gasteiger partial charge in [-0.2, -0.15) is 0 Å². The van der Waals surface area contributed by atoms with Gasteiger partial charge in [0.05, 0.1) is 12.1 Å². The van der Waals surface area contributed by atoms with Crippen LogP contribution in [0.4, 0.5) is 0 Å². The van der Waals surface area contributed by atoms with E-state index in [2.05, 4.69) is 0 Å². The van der Waals surface area contributed by atoms with E-state index in [0.717, 1.165) is 0 Å². The second-order valence-electron chi connectivity index (χ2n) is 4.73. The summed E-state index contributed by atoms with van der Waals surface area (Å²) < 4.78 is 0. The first kappa shape index (κ1) is 13.0. The third-order valence-electron chi connectivity index (χ3n) is 2.37. The average molecular weight is 242 g/mol. The predicted molar refractivity (Wildman–Crippen MR) is 65.2 cm³/mol. The molecule has 0 radical (unpaired) electrons. The Morgan fingerprint density at radius 3 is 2.44 bits per heavy atom. The number of halogens is 1. The van der Waals surface area contributed by atoms with Crippen LogP contribution in [-0.4, -0.2) is 17.4 Å². The first-order valence-electron chi connectivity index (χ1n) is 5.03. The number of phenols is 1. The van der Waals surface area contributed by atoms with E-state index >= 15 is 0 Å². The number of carbonyl (C=O) groups is 1. The molecule has 3 nitrogen and oxygen atoms in total. The van der Waals surface area contributed by atoms with Gasteiger partial charge in [-0.1, -0.05) is 32.4 Å². The van der Waals surface area contributed by atoms with Crippen molar-refractivity contribution in [3.8, 4) is 5.75 Å². The highest BCUT2D eigenvalue weighted by atomic mass is 35.5. The Morgan fingerprint density at radius 2 is 2.00 bits per heavy atom. The molecule has 1 rings (SSSR count). The minimum atomic E-state index is -0.314. The zero-order valence-corrected chi connectivity index (χ0v) is 10.4. The minimum absolute atomic E-state index is 0.0210. The van der Waals surface area contributed by atoms with E-state index in [1.165, 1.54) is 6.07 Å². The van der Waals surface area contributed by atoms with Crippen LogP contribution < -0.4 is 5.73 Å². The Bertz CT molecular complexity index is 422. The fourth-order valence-electron chi connectivity index (χ4n) is 1.49. The number of nitrogens with two attached hydrogens (primary N) is 1. The molecule has 16 heavy (non-hydrogen) atoms. The van der Waals surface area contributed by atoms with E-state index in [9.17, 15) is 9.90 Å². The zero-order chi connectivity index (χ0) is 12.5. The van der Waals surface area contributed by atoms with Gasteiger partial charge in [0.1, 0.15) is 5.75 Å². The normalized spacial score (nSPS) is 11.6. The molecule has 0 bridgehead atoms. The highest BCUT2D eigenvalue weighted by Crippen LogP contribution is 2.35. The van der Waals surface area contributed by atoms with Gasteiger partial charge in [-0.05, 0) is 17.5 Å². The van der Waals surface area contributed by atoms with E-state index in [4.69, 9.17) is 17.3 Å². The number of Topliss-reactive ketones (excluding diaryl/α,β-unsaturated/α-hetero) is 1. The van der Waals surface area contributed by atoms with Crippen LogP contribution in [0.3, 0.4) is 0 Å². The molecule has 4 heteroatoms. The monoisotopic (exact) mass is 241 g/mol. The van der Waals surface area contributed by atoms with Crippen LogP contribution in [0.2, 0.25) is 5.02 Å². The van der Waals surface area contributed by atoms with Gasteiger partial charge in [-0.15, -0.1) is 0 Å². The number of benzene rings is 1. The molecule has 0 saturated heterocycles. The molecule has 3 N–H and O–H groups in total. The van der Waals surface area contributed by atoms with Crippen molar-refractivity contribution in [2.75, 3.05) is 6.54 Å². The average Bonchev–Trinajstić information content (AvgIpc) is 2.18. The van der Waals surface area contributed by atoms with E-state index in [0.29, 0.717) is 10.6 Å². The number of hydrogen-bond donors (Lipinski definition) is 2. The van der Waals surface area contributed by atoms with Crippen LogP contribution in [0.15, 0.2) is 12.1 Å². The molecule has 0 spiro atoms. The summed E-state index contributed by atoms with van der Waals surface area (Å²) in [4.78, 5) is 11.5. The van der Waals surface area contributed by atoms with Crippen molar-refractivity contribution >= 4 is 17.4 Å². The summed E-state index contributed by atoms with van der Waals surface area (Å²) in [5.74, 6) is -0.335. The molecule has 0 aromatic heterocycles. The van der Waals surface area contributed by atoms with E-state index in [1.807, 2.05) is 20.8 Å². The van der Waals surface area contributed by atoms with Crippen LogP contribution in [0, 0.1) is 0 Å². The van der Waals surface area contributed by atoms with Crippen molar-refractivity contribution in [1.82, 2.24) is 0 Å². The molecule has 0 aliphatic carbocycles. The molecule has 1 aromatic carbocycles. The maximum absolute atomic E-state index is 11.5. The molecule has 0 saturated carbocycles. The first-order chi connectivity index (χ1) is 7.27. The second kappa shape index (κ2) is 4.44. The van der Waals surface area contributed by atoms with Gasteiger partial charge < -0.3 is 10.8 Å². The fraction of sp³-hybridized carbons (Fsp3) is 0.417. The minimum Gasteiger partial charge on any atom is -0.507 e. The second-order valence-corrected chi connectivity index (χ2v) is 5.16. The summed E-state index contributed by atoms with van der Waals surface area (Å²) >= 11 is 5.92. The van der Waals surface area contributed by atoms with E-state index in [-0.39, 0.29) is 29.1 Å². The lowest BCUT2D eigenvalue weighted by Gasteiger charge is -2.22. The van der Waals surface area contributed by atoms with Gasteiger partial charge in [-0.3, -0.25) is 4.79 Å². The number of aromatic hydroxyl groups is 1.